The molecule has 15 heavy (non-hydrogen) atoms. The quantitative estimate of drug-likeness (QED) is 0.694. The van der Waals surface area contributed by atoms with E-state index >= 15 is 0 Å². The average molecular weight is 209 g/mol. The standard InChI is InChI=1S/C12H19NO2/c1-2-11-5-3-4-9(11)12(7-11,8-13)6-10(14)15/h3-4,9H,2,5-8,13H2,1H3,(H,14,15)/t9-,11+,12-/m1/s1. The van der Waals surface area contributed by atoms with Crippen LogP contribution < -0.4 is 5.73 Å². The zero-order chi connectivity index (χ0) is 11.1. The van der Waals surface area contributed by atoms with Crippen molar-refractivity contribution in [1.29, 1.82) is 0 Å². The van der Waals surface area contributed by atoms with Crippen molar-refractivity contribution in [3.05, 3.63) is 12.2 Å². The van der Waals surface area contributed by atoms with Crippen molar-refractivity contribution in [3.63, 3.8) is 0 Å². The van der Waals surface area contributed by atoms with Crippen molar-refractivity contribution in [2.24, 2.45) is 22.5 Å². The Hall–Kier alpha value is -0.830. The summed E-state index contributed by atoms with van der Waals surface area (Å²) in [5, 5.41) is 8.94. The van der Waals surface area contributed by atoms with Crippen LogP contribution in [0.4, 0.5) is 0 Å². The molecule has 0 spiro atoms. The van der Waals surface area contributed by atoms with E-state index in [1.165, 1.54) is 0 Å². The minimum Gasteiger partial charge on any atom is -0.481 e. The molecule has 0 heterocycles. The Morgan fingerprint density at radius 1 is 1.67 bits per heavy atom. The van der Waals surface area contributed by atoms with Crippen LogP contribution in [0, 0.1) is 16.7 Å². The molecule has 0 amide bonds. The molecule has 3 nitrogen and oxygen atoms in total. The molecule has 0 bridgehead atoms. The number of allylic oxidation sites excluding steroid dienone is 2. The topological polar surface area (TPSA) is 63.3 Å². The molecule has 84 valence electrons. The van der Waals surface area contributed by atoms with E-state index in [9.17, 15) is 4.79 Å². The summed E-state index contributed by atoms with van der Waals surface area (Å²) in [5.74, 6) is -0.318. The van der Waals surface area contributed by atoms with Crippen LogP contribution in [0.25, 0.3) is 0 Å². The van der Waals surface area contributed by atoms with Gasteiger partial charge in [0, 0.05) is 5.41 Å². The summed E-state index contributed by atoms with van der Waals surface area (Å²) in [6.45, 7) is 2.69. The maximum absolute atomic E-state index is 10.9. The van der Waals surface area contributed by atoms with Gasteiger partial charge in [0.15, 0.2) is 0 Å². The second kappa shape index (κ2) is 3.34. The first-order chi connectivity index (χ1) is 7.08. The van der Waals surface area contributed by atoms with E-state index in [2.05, 4.69) is 19.1 Å². The summed E-state index contributed by atoms with van der Waals surface area (Å²) in [6.07, 6.45) is 7.84. The average Bonchev–Trinajstić information content (AvgIpc) is 2.53. The van der Waals surface area contributed by atoms with Gasteiger partial charge in [-0.3, -0.25) is 4.79 Å². The molecule has 0 aromatic carbocycles. The van der Waals surface area contributed by atoms with Gasteiger partial charge in [0.2, 0.25) is 0 Å². The Labute approximate surface area is 90.3 Å². The zero-order valence-corrected chi connectivity index (χ0v) is 9.20. The Morgan fingerprint density at radius 2 is 2.40 bits per heavy atom. The van der Waals surface area contributed by atoms with Gasteiger partial charge in [0.1, 0.15) is 0 Å². The van der Waals surface area contributed by atoms with Crippen molar-refractivity contribution in [1.82, 2.24) is 0 Å². The van der Waals surface area contributed by atoms with E-state index in [4.69, 9.17) is 10.8 Å². The number of aliphatic carboxylic acids is 1. The molecule has 3 N–H and O–H groups in total. The molecule has 3 heteroatoms. The smallest absolute Gasteiger partial charge is 0.303 e. The summed E-state index contributed by atoms with van der Waals surface area (Å²) in [5.41, 5.74) is 5.97. The van der Waals surface area contributed by atoms with E-state index in [-0.39, 0.29) is 11.8 Å². The van der Waals surface area contributed by atoms with E-state index in [1.54, 1.807) is 0 Å². The maximum Gasteiger partial charge on any atom is 0.303 e. The lowest BCUT2D eigenvalue weighted by Gasteiger charge is -2.59. The molecule has 2 rings (SSSR count). The van der Waals surface area contributed by atoms with Crippen LogP contribution in [-0.2, 0) is 4.79 Å². The van der Waals surface area contributed by atoms with Crippen molar-refractivity contribution in [3.8, 4) is 0 Å². The molecule has 0 saturated heterocycles. The number of carboxylic acids is 1. The summed E-state index contributed by atoms with van der Waals surface area (Å²) in [7, 11) is 0. The molecular weight excluding hydrogens is 190 g/mol. The molecule has 0 aliphatic heterocycles. The van der Waals surface area contributed by atoms with Gasteiger partial charge in [0.05, 0.1) is 6.42 Å². The molecule has 0 radical (unpaired) electrons. The minimum absolute atomic E-state index is 0.158. The second-order valence-electron chi connectivity index (χ2n) is 5.14. The van der Waals surface area contributed by atoms with Gasteiger partial charge < -0.3 is 10.8 Å². The predicted molar refractivity (Wildman–Crippen MR) is 58.3 cm³/mol. The number of nitrogens with two attached hydrogens (primary N) is 1. The number of fused-ring (bicyclic) bond motifs is 1. The Balaban J connectivity index is 2.18. The number of hydrogen-bond acceptors (Lipinski definition) is 2. The Kier molecular flexibility index (Phi) is 2.38. The zero-order valence-electron chi connectivity index (χ0n) is 9.20. The van der Waals surface area contributed by atoms with Crippen LogP contribution >= 0.6 is 0 Å². The SMILES string of the molecule is CC[C@@]12CC=C[C@H]1[C@](CN)(CC(=O)O)C2. The normalized spacial score (nSPS) is 42.4. The minimum atomic E-state index is -0.717. The van der Waals surface area contributed by atoms with Crippen molar-refractivity contribution in [2.45, 2.75) is 32.6 Å². The van der Waals surface area contributed by atoms with Crippen molar-refractivity contribution >= 4 is 5.97 Å². The molecule has 0 aromatic heterocycles. The molecule has 3 atom stereocenters. The lowest BCUT2D eigenvalue weighted by Crippen LogP contribution is -2.57. The van der Waals surface area contributed by atoms with Gasteiger partial charge in [-0.15, -0.1) is 0 Å². The lowest BCUT2D eigenvalue weighted by molar-refractivity contribution is -0.151. The predicted octanol–water partition coefficient (Wildman–Crippen LogP) is 1.78. The Morgan fingerprint density at radius 3 is 2.93 bits per heavy atom. The van der Waals surface area contributed by atoms with Crippen molar-refractivity contribution < 1.29 is 9.90 Å². The second-order valence-corrected chi connectivity index (χ2v) is 5.14. The number of hydrogen-bond donors (Lipinski definition) is 2. The van der Waals surface area contributed by atoms with Gasteiger partial charge in [-0.2, -0.15) is 0 Å². The van der Waals surface area contributed by atoms with E-state index in [0.717, 1.165) is 19.3 Å². The third-order valence-electron chi connectivity index (χ3n) is 4.49. The van der Waals surface area contributed by atoms with Gasteiger partial charge >= 0.3 is 5.97 Å². The van der Waals surface area contributed by atoms with Gasteiger partial charge in [-0.1, -0.05) is 19.1 Å². The largest absolute Gasteiger partial charge is 0.481 e. The highest BCUT2D eigenvalue weighted by atomic mass is 16.4. The van der Waals surface area contributed by atoms with Gasteiger partial charge in [-0.05, 0) is 37.1 Å². The maximum atomic E-state index is 10.9. The summed E-state index contributed by atoms with van der Waals surface area (Å²) in [6, 6.07) is 0. The number of carbonyl (C=O) groups is 1. The first-order valence-corrected chi connectivity index (χ1v) is 5.67. The molecular formula is C12H19NO2. The van der Waals surface area contributed by atoms with E-state index in [0.29, 0.717) is 17.9 Å². The fourth-order valence-electron chi connectivity index (χ4n) is 3.72. The van der Waals surface area contributed by atoms with Crippen LogP contribution in [0.3, 0.4) is 0 Å². The number of carboxylic acid groups (broad SMARTS) is 1. The van der Waals surface area contributed by atoms with E-state index < -0.39 is 5.97 Å². The van der Waals surface area contributed by atoms with Gasteiger partial charge in [-0.25, -0.2) is 0 Å². The van der Waals surface area contributed by atoms with E-state index in [1.807, 2.05) is 0 Å². The summed E-state index contributed by atoms with van der Waals surface area (Å²) >= 11 is 0. The third kappa shape index (κ3) is 1.33. The molecule has 0 unspecified atom stereocenters. The highest BCUT2D eigenvalue weighted by Gasteiger charge is 2.61. The molecule has 1 saturated carbocycles. The highest BCUT2D eigenvalue weighted by Crippen LogP contribution is 2.67. The monoisotopic (exact) mass is 209 g/mol. The number of rotatable bonds is 4. The fourth-order valence-corrected chi connectivity index (χ4v) is 3.72. The summed E-state index contributed by atoms with van der Waals surface area (Å²) < 4.78 is 0. The fraction of sp³-hybridized carbons (Fsp3) is 0.750. The third-order valence-corrected chi connectivity index (χ3v) is 4.49. The van der Waals surface area contributed by atoms with Crippen molar-refractivity contribution in [2.75, 3.05) is 6.54 Å². The van der Waals surface area contributed by atoms with Crippen LogP contribution in [-0.4, -0.2) is 17.6 Å². The lowest BCUT2D eigenvalue weighted by atomic mass is 9.44. The molecule has 0 aromatic rings. The van der Waals surface area contributed by atoms with Crippen LogP contribution in [0.2, 0.25) is 0 Å². The van der Waals surface area contributed by atoms with Crippen LogP contribution in [0.15, 0.2) is 12.2 Å². The highest BCUT2D eigenvalue weighted by molar-refractivity contribution is 5.68. The molecule has 1 fully saturated rings. The molecule has 2 aliphatic carbocycles. The Bertz CT molecular complexity index is 313. The first kappa shape index (κ1) is 10.7. The first-order valence-electron chi connectivity index (χ1n) is 5.67. The molecule has 2 aliphatic rings. The summed E-state index contributed by atoms with van der Waals surface area (Å²) in [4.78, 5) is 10.9. The van der Waals surface area contributed by atoms with Crippen LogP contribution in [0.1, 0.15) is 32.6 Å². The van der Waals surface area contributed by atoms with Crippen LogP contribution in [0.5, 0.6) is 0 Å². The van der Waals surface area contributed by atoms with Gasteiger partial charge in [0.25, 0.3) is 0 Å².